The molecule has 1 aliphatic rings. The van der Waals surface area contributed by atoms with Crippen LogP contribution in [-0.2, 0) is 0 Å². The van der Waals surface area contributed by atoms with Gasteiger partial charge in [-0.05, 0) is 62.0 Å². The lowest BCUT2D eigenvalue weighted by molar-refractivity contribution is 0.631. The molecule has 0 saturated heterocycles. The van der Waals surface area contributed by atoms with Crippen molar-refractivity contribution in [2.45, 2.75) is 40.2 Å². The summed E-state index contributed by atoms with van der Waals surface area (Å²) in [6.45, 7) is 9.03. The van der Waals surface area contributed by atoms with Crippen LogP contribution < -0.4 is 0 Å². The first-order chi connectivity index (χ1) is 12.1. The quantitative estimate of drug-likeness (QED) is 0.518. The summed E-state index contributed by atoms with van der Waals surface area (Å²) in [5, 5.41) is 9.22. The smallest absolute Gasteiger partial charge is 0.0999 e. The van der Waals surface area contributed by atoms with Gasteiger partial charge >= 0.3 is 0 Å². The van der Waals surface area contributed by atoms with Gasteiger partial charge in [-0.15, -0.1) is 0 Å². The summed E-state index contributed by atoms with van der Waals surface area (Å²) in [6, 6.07) is 20.5. The Morgan fingerprint density at radius 1 is 0.840 bits per heavy atom. The zero-order valence-corrected chi connectivity index (χ0v) is 15.5. The molecule has 25 heavy (non-hydrogen) atoms. The van der Waals surface area contributed by atoms with Crippen molar-refractivity contribution in [1.82, 2.24) is 0 Å². The molecule has 0 aromatic heterocycles. The highest BCUT2D eigenvalue weighted by Crippen LogP contribution is 2.41. The van der Waals surface area contributed by atoms with Crippen molar-refractivity contribution in [3.05, 3.63) is 88.5 Å². The largest absolute Gasteiger partial charge is 0.180 e. The zero-order chi connectivity index (χ0) is 17.8. The molecule has 0 radical (unpaired) electrons. The first kappa shape index (κ1) is 17.3. The molecule has 0 spiro atoms. The van der Waals surface area contributed by atoms with Crippen molar-refractivity contribution in [1.29, 1.82) is 0 Å². The molecule has 2 atom stereocenters. The predicted octanol–water partition coefficient (Wildman–Crippen LogP) is 7.20. The van der Waals surface area contributed by atoms with E-state index in [2.05, 4.69) is 57.1 Å². The van der Waals surface area contributed by atoms with Gasteiger partial charge in [-0.2, -0.15) is 10.2 Å². The number of rotatable bonds is 5. The van der Waals surface area contributed by atoms with Crippen LogP contribution in [0.5, 0.6) is 0 Å². The molecule has 0 N–H and O–H groups in total. The molecular weight excluding hydrogens is 304 g/mol. The maximum Gasteiger partial charge on any atom is 0.0999 e. The van der Waals surface area contributed by atoms with Gasteiger partial charge in [-0.1, -0.05) is 66.6 Å². The molecule has 0 aliphatic heterocycles. The molecule has 3 rings (SSSR count). The minimum absolute atomic E-state index is 0.0486. The minimum Gasteiger partial charge on any atom is -0.180 e. The third-order valence-corrected chi connectivity index (χ3v) is 5.47. The molecule has 1 aliphatic carbocycles. The lowest BCUT2D eigenvalue weighted by Crippen LogP contribution is -2.04. The van der Waals surface area contributed by atoms with Gasteiger partial charge in [0, 0.05) is 0 Å². The first-order valence-electron chi connectivity index (χ1n) is 8.96. The predicted molar refractivity (Wildman–Crippen MR) is 105 cm³/mol. The Hall–Kier alpha value is -2.48. The normalized spacial score (nSPS) is 19.1. The van der Waals surface area contributed by atoms with E-state index in [0.717, 1.165) is 12.1 Å². The van der Waals surface area contributed by atoms with Crippen molar-refractivity contribution >= 4 is 5.69 Å². The van der Waals surface area contributed by atoms with Crippen LogP contribution in [-0.4, -0.2) is 0 Å². The highest BCUT2D eigenvalue weighted by atomic mass is 15.1. The second kappa shape index (κ2) is 7.60. The van der Waals surface area contributed by atoms with Gasteiger partial charge in [0.05, 0.1) is 11.7 Å². The molecule has 2 aromatic rings. The van der Waals surface area contributed by atoms with Crippen LogP contribution in [0.4, 0.5) is 5.69 Å². The number of nitrogens with zero attached hydrogens (tertiary/aromatic N) is 2. The fourth-order valence-corrected chi connectivity index (χ4v) is 3.52. The Morgan fingerprint density at radius 3 is 2.00 bits per heavy atom. The Morgan fingerprint density at radius 2 is 1.44 bits per heavy atom. The molecule has 2 aromatic carbocycles. The topological polar surface area (TPSA) is 24.7 Å². The van der Waals surface area contributed by atoms with Gasteiger partial charge in [0.2, 0.25) is 0 Å². The van der Waals surface area contributed by atoms with E-state index < -0.39 is 0 Å². The number of hydrogen-bond donors (Lipinski definition) is 0. The van der Waals surface area contributed by atoms with E-state index in [4.69, 9.17) is 5.11 Å². The van der Waals surface area contributed by atoms with Crippen LogP contribution in [0.25, 0.3) is 0 Å². The summed E-state index contributed by atoms with van der Waals surface area (Å²) in [5.41, 5.74) is 7.97. The number of azo groups is 1. The number of allylic oxidation sites excluding steroid dienone is 3. The lowest BCUT2D eigenvalue weighted by Gasteiger charge is -2.18. The van der Waals surface area contributed by atoms with E-state index >= 15 is 0 Å². The highest BCUT2D eigenvalue weighted by molar-refractivity contribution is 5.47. The minimum atomic E-state index is 0.0486. The maximum atomic E-state index is 4.72. The van der Waals surface area contributed by atoms with Crippen molar-refractivity contribution in [2.24, 2.45) is 16.1 Å². The van der Waals surface area contributed by atoms with E-state index in [1.54, 1.807) is 0 Å². The number of hydrogen-bond acceptors (Lipinski definition) is 2. The third-order valence-electron chi connectivity index (χ3n) is 5.47. The van der Waals surface area contributed by atoms with Crippen LogP contribution in [0.3, 0.4) is 0 Å². The van der Waals surface area contributed by atoms with Gasteiger partial charge in [0.1, 0.15) is 0 Å². The molecule has 0 amide bonds. The highest BCUT2D eigenvalue weighted by Gasteiger charge is 2.26. The van der Waals surface area contributed by atoms with Crippen LogP contribution in [0.1, 0.15) is 45.7 Å². The second-order valence-electron chi connectivity index (χ2n) is 6.86. The molecule has 0 bridgehead atoms. The fraction of sp³-hybridized carbons (Fsp3) is 0.304. The van der Waals surface area contributed by atoms with Gasteiger partial charge in [0.25, 0.3) is 0 Å². The Labute approximate surface area is 151 Å². The number of benzene rings is 2. The Kier molecular flexibility index (Phi) is 5.28. The maximum absolute atomic E-state index is 4.72. The molecule has 128 valence electrons. The van der Waals surface area contributed by atoms with Crippen LogP contribution >= 0.6 is 0 Å². The summed E-state index contributed by atoms with van der Waals surface area (Å²) < 4.78 is 0. The van der Waals surface area contributed by atoms with E-state index in [1.165, 1.54) is 27.9 Å². The van der Waals surface area contributed by atoms with Crippen molar-refractivity contribution in [3.63, 3.8) is 0 Å². The van der Waals surface area contributed by atoms with Crippen molar-refractivity contribution in [2.75, 3.05) is 0 Å². The first-order valence-corrected chi connectivity index (χ1v) is 8.96. The van der Waals surface area contributed by atoms with E-state index in [-0.39, 0.29) is 6.04 Å². The SMILES string of the molecule is CC1=C(C)C(C)C(CC(N=Nc2ccccc2)c2ccccc2)=C1C. The molecular formula is C23H26N2. The van der Waals surface area contributed by atoms with Gasteiger partial charge < -0.3 is 0 Å². The van der Waals surface area contributed by atoms with Gasteiger partial charge in [-0.25, -0.2) is 0 Å². The summed E-state index contributed by atoms with van der Waals surface area (Å²) in [4.78, 5) is 0. The molecule has 2 unspecified atom stereocenters. The van der Waals surface area contributed by atoms with Gasteiger partial charge in [0.15, 0.2) is 0 Å². The molecule has 2 nitrogen and oxygen atoms in total. The van der Waals surface area contributed by atoms with E-state index in [0.29, 0.717) is 5.92 Å². The average molecular weight is 330 g/mol. The lowest BCUT2D eigenvalue weighted by atomic mass is 9.90. The molecule has 0 saturated carbocycles. The monoisotopic (exact) mass is 330 g/mol. The summed E-state index contributed by atoms with van der Waals surface area (Å²) in [7, 11) is 0. The fourth-order valence-electron chi connectivity index (χ4n) is 3.52. The second-order valence-corrected chi connectivity index (χ2v) is 6.86. The molecule has 0 fully saturated rings. The van der Waals surface area contributed by atoms with E-state index in [9.17, 15) is 0 Å². The Balaban J connectivity index is 1.90. The summed E-state index contributed by atoms with van der Waals surface area (Å²) in [6.07, 6.45) is 0.919. The van der Waals surface area contributed by atoms with Crippen molar-refractivity contribution in [3.8, 4) is 0 Å². The third kappa shape index (κ3) is 3.79. The standard InChI is InChI=1S/C23H26N2/c1-16-17(2)19(4)22(18(16)3)15-23(20-11-7-5-8-12-20)25-24-21-13-9-6-10-14-21/h5-14,18,23H,15H2,1-4H3. The molecule has 2 heteroatoms. The molecule has 0 heterocycles. The van der Waals surface area contributed by atoms with E-state index in [1.807, 2.05) is 36.4 Å². The summed E-state index contributed by atoms with van der Waals surface area (Å²) in [5.74, 6) is 0.498. The zero-order valence-electron chi connectivity index (χ0n) is 15.5. The average Bonchev–Trinajstić information content (AvgIpc) is 2.84. The van der Waals surface area contributed by atoms with Crippen LogP contribution in [0.2, 0.25) is 0 Å². The van der Waals surface area contributed by atoms with Crippen LogP contribution in [0.15, 0.2) is 93.2 Å². The van der Waals surface area contributed by atoms with Gasteiger partial charge in [-0.3, -0.25) is 0 Å². The summed E-state index contributed by atoms with van der Waals surface area (Å²) >= 11 is 0. The Bertz CT molecular complexity index is 814. The van der Waals surface area contributed by atoms with Crippen LogP contribution in [0, 0.1) is 5.92 Å². The van der Waals surface area contributed by atoms with Crippen molar-refractivity contribution < 1.29 is 0 Å².